The lowest BCUT2D eigenvalue weighted by Crippen LogP contribution is -2.49. The number of pyridine rings is 1. The standard InChI is InChI=1S/C26H29N3O/c30-25(16-22-17-27-13-9-19(22)10-14-27)29-15-11-20-4-1-2-6-24(20)26(29)21-7-8-23-5-3-12-28(23)18-21/h1-8,12,18-19,22,26H,9-11,13-17H2/t22-,26+/m1/s1. The van der Waals surface area contributed by atoms with E-state index in [1.54, 1.807) is 0 Å². The highest BCUT2D eigenvalue weighted by Crippen LogP contribution is 2.38. The molecule has 6 heterocycles. The molecule has 30 heavy (non-hydrogen) atoms. The van der Waals surface area contributed by atoms with Crippen LogP contribution in [0.3, 0.4) is 0 Å². The van der Waals surface area contributed by atoms with E-state index in [0.717, 1.165) is 25.4 Å². The lowest BCUT2D eigenvalue weighted by Gasteiger charge is -2.46. The van der Waals surface area contributed by atoms with E-state index in [-0.39, 0.29) is 6.04 Å². The van der Waals surface area contributed by atoms with Crippen molar-refractivity contribution in [1.29, 1.82) is 0 Å². The van der Waals surface area contributed by atoms with Gasteiger partial charge in [0.25, 0.3) is 0 Å². The Kier molecular flexibility index (Phi) is 4.41. The maximum atomic E-state index is 13.7. The smallest absolute Gasteiger partial charge is 0.223 e. The molecule has 4 aliphatic rings. The second-order valence-electron chi connectivity index (χ2n) is 9.34. The Morgan fingerprint density at radius 1 is 0.967 bits per heavy atom. The zero-order chi connectivity index (χ0) is 20.1. The Bertz CT molecular complexity index is 1080. The number of amides is 1. The van der Waals surface area contributed by atoms with E-state index in [1.807, 2.05) is 0 Å². The number of benzene rings is 1. The van der Waals surface area contributed by atoms with Crippen LogP contribution in [-0.2, 0) is 11.2 Å². The van der Waals surface area contributed by atoms with Gasteiger partial charge in [0.15, 0.2) is 0 Å². The summed E-state index contributed by atoms with van der Waals surface area (Å²) < 4.78 is 2.17. The number of rotatable bonds is 3. The van der Waals surface area contributed by atoms with Crippen molar-refractivity contribution in [3.05, 3.63) is 77.6 Å². The van der Waals surface area contributed by atoms with Crippen molar-refractivity contribution in [2.75, 3.05) is 26.2 Å². The first-order chi connectivity index (χ1) is 14.8. The first kappa shape index (κ1) is 18.2. The summed E-state index contributed by atoms with van der Waals surface area (Å²) in [5.74, 6) is 1.61. The summed E-state index contributed by atoms with van der Waals surface area (Å²) in [4.78, 5) is 18.4. The van der Waals surface area contributed by atoms with Crippen LogP contribution < -0.4 is 0 Å². The van der Waals surface area contributed by atoms with Crippen LogP contribution in [-0.4, -0.2) is 46.3 Å². The lowest BCUT2D eigenvalue weighted by molar-refractivity contribution is -0.136. The zero-order valence-electron chi connectivity index (χ0n) is 17.4. The minimum Gasteiger partial charge on any atom is -0.331 e. The van der Waals surface area contributed by atoms with E-state index in [9.17, 15) is 4.79 Å². The topological polar surface area (TPSA) is 28.0 Å². The van der Waals surface area contributed by atoms with E-state index >= 15 is 0 Å². The molecule has 3 saturated heterocycles. The summed E-state index contributed by atoms with van der Waals surface area (Å²) in [5.41, 5.74) is 5.06. The maximum Gasteiger partial charge on any atom is 0.223 e. The largest absolute Gasteiger partial charge is 0.331 e. The summed E-state index contributed by atoms with van der Waals surface area (Å²) in [5, 5.41) is 0. The molecule has 154 valence electrons. The highest BCUT2D eigenvalue weighted by molar-refractivity contribution is 5.78. The molecule has 0 radical (unpaired) electrons. The Morgan fingerprint density at radius 2 is 1.83 bits per heavy atom. The van der Waals surface area contributed by atoms with Gasteiger partial charge in [-0.05, 0) is 79.1 Å². The van der Waals surface area contributed by atoms with Gasteiger partial charge in [-0.2, -0.15) is 0 Å². The van der Waals surface area contributed by atoms with Gasteiger partial charge in [0.1, 0.15) is 0 Å². The van der Waals surface area contributed by atoms with Crippen LogP contribution in [0.5, 0.6) is 0 Å². The fourth-order valence-corrected chi connectivity index (χ4v) is 6.07. The summed E-state index contributed by atoms with van der Waals surface area (Å²) in [7, 11) is 0. The van der Waals surface area contributed by atoms with Crippen LogP contribution in [0.4, 0.5) is 0 Å². The van der Waals surface area contributed by atoms with Crippen LogP contribution >= 0.6 is 0 Å². The molecule has 4 nitrogen and oxygen atoms in total. The number of carbonyl (C=O) groups is 1. The summed E-state index contributed by atoms with van der Waals surface area (Å²) >= 11 is 0. The van der Waals surface area contributed by atoms with Gasteiger partial charge in [-0.3, -0.25) is 4.79 Å². The first-order valence-electron chi connectivity index (χ1n) is 11.4. The van der Waals surface area contributed by atoms with Gasteiger partial charge in [-0.15, -0.1) is 0 Å². The molecule has 1 aromatic carbocycles. The second kappa shape index (κ2) is 7.28. The van der Waals surface area contributed by atoms with Crippen molar-refractivity contribution >= 4 is 11.4 Å². The molecule has 0 N–H and O–H groups in total. The van der Waals surface area contributed by atoms with Crippen LogP contribution in [0.1, 0.15) is 42.0 Å². The molecule has 3 aromatic rings. The quantitative estimate of drug-likeness (QED) is 0.662. The van der Waals surface area contributed by atoms with Gasteiger partial charge in [-0.25, -0.2) is 0 Å². The van der Waals surface area contributed by atoms with E-state index in [0.29, 0.717) is 18.2 Å². The third-order valence-electron chi connectivity index (χ3n) is 7.69. The highest BCUT2D eigenvalue weighted by atomic mass is 16.2. The average molecular weight is 400 g/mol. The van der Waals surface area contributed by atoms with E-state index in [1.165, 1.54) is 48.1 Å². The molecule has 0 unspecified atom stereocenters. The first-order valence-corrected chi connectivity index (χ1v) is 11.4. The van der Waals surface area contributed by atoms with Gasteiger partial charge in [-0.1, -0.05) is 30.3 Å². The summed E-state index contributed by atoms with van der Waals surface area (Å²) in [6.07, 6.45) is 8.49. The molecule has 7 rings (SSSR count). The summed E-state index contributed by atoms with van der Waals surface area (Å²) in [6.45, 7) is 4.38. The van der Waals surface area contributed by atoms with Crippen LogP contribution in [0.2, 0.25) is 0 Å². The van der Waals surface area contributed by atoms with Crippen LogP contribution in [0.25, 0.3) is 5.52 Å². The maximum absolute atomic E-state index is 13.7. The van der Waals surface area contributed by atoms with E-state index < -0.39 is 0 Å². The minimum atomic E-state index is 0.00957. The Morgan fingerprint density at radius 3 is 2.67 bits per heavy atom. The van der Waals surface area contributed by atoms with Crippen LogP contribution in [0, 0.1) is 11.8 Å². The van der Waals surface area contributed by atoms with Crippen molar-refractivity contribution in [3.63, 3.8) is 0 Å². The summed E-state index contributed by atoms with van der Waals surface area (Å²) in [6, 6.07) is 17.3. The Balaban J connectivity index is 1.34. The highest BCUT2D eigenvalue weighted by Gasteiger charge is 2.38. The normalized spacial score (nSPS) is 27.9. The molecule has 0 aliphatic carbocycles. The minimum absolute atomic E-state index is 0.00957. The van der Waals surface area contributed by atoms with Gasteiger partial charge < -0.3 is 14.2 Å². The molecule has 2 aromatic heterocycles. The Hall–Kier alpha value is -2.59. The number of hydrogen-bond acceptors (Lipinski definition) is 2. The molecule has 0 spiro atoms. The SMILES string of the molecule is O=C(C[C@@H]1CN2CCC1CC2)N1CCc2ccccc2[C@@H]1c1ccc2cccn2c1. The van der Waals surface area contributed by atoms with Crippen LogP contribution in [0.15, 0.2) is 60.9 Å². The predicted molar refractivity (Wildman–Crippen MR) is 118 cm³/mol. The second-order valence-corrected chi connectivity index (χ2v) is 9.34. The van der Waals surface area contributed by atoms with E-state index in [4.69, 9.17) is 0 Å². The fraction of sp³-hybridized carbons (Fsp3) is 0.423. The number of fused-ring (bicyclic) bond motifs is 5. The third kappa shape index (κ3) is 3.05. The van der Waals surface area contributed by atoms with Gasteiger partial charge >= 0.3 is 0 Å². The number of aromatic nitrogens is 1. The van der Waals surface area contributed by atoms with E-state index in [2.05, 4.69) is 75.1 Å². The molecule has 2 atom stereocenters. The third-order valence-corrected chi connectivity index (χ3v) is 7.69. The van der Waals surface area contributed by atoms with Crippen molar-refractivity contribution in [2.24, 2.45) is 11.8 Å². The monoisotopic (exact) mass is 399 g/mol. The number of nitrogens with zero attached hydrogens (tertiary/aromatic N) is 3. The number of hydrogen-bond donors (Lipinski definition) is 0. The Labute approximate surface area is 178 Å². The fourth-order valence-electron chi connectivity index (χ4n) is 6.07. The van der Waals surface area contributed by atoms with Gasteiger partial charge in [0, 0.05) is 37.4 Å². The zero-order valence-corrected chi connectivity index (χ0v) is 17.4. The lowest BCUT2D eigenvalue weighted by atomic mass is 9.77. The van der Waals surface area contributed by atoms with Crippen molar-refractivity contribution < 1.29 is 4.79 Å². The molecular formula is C26H29N3O. The molecule has 4 aliphatic heterocycles. The number of piperidine rings is 3. The molecular weight excluding hydrogens is 370 g/mol. The molecule has 0 saturated carbocycles. The molecule has 1 amide bonds. The van der Waals surface area contributed by atoms with Crippen molar-refractivity contribution in [2.45, 2.75) is 31.7 Å². The predicted octanol–water partition coefficient (Wildman–Crippen LogP) is 4.15. The molecule has 2 bridgehead atoms. The molecule has 4 heteroatoms. The van der Waals surface area contributed by atoms with Gasteiger partial charge in [0.2, 0.25) is 5.91 Å². The average Bonchev–Trinajstić information content (AvgIpc) is 3.27. The molecule has 3 fully saturated rings. The van der Waals surface area contributed by atoms with Crippen molar-refractivity contribution in [3.8, 4) is 0 Å². The van der Waals surface area contributed by atoms with Crippen molar-refractivity contribution in [1.82, 2.24) is 14.2 Å². The number of carbonyl (C=O) groups excluding carboxylic acids is 1. The van der Waals surface area contributed by atoms with Gasteiger partial charge in [0.05, 0.1) is 6.04 Å².